The van der Waals surface area contributed by atoms with Gasteiger partial charge >= 0.3 is 0 Å². The van der Waals surface area contributed by atoms with Crippen LogP contribution in [-0.4, -0.2) is 43.3 Å². The van der Waals surface area contributed by atoms with Gasteiger partial charge in [-0.3, -0.25) is 13.9 Å². The second-order valence-electron chi connectivity index (χ2n) is 9.80. The lowest BCUT2D eigenvalue weighted by Crippen LogP contribution is -2.54. The van der Waals surface area contributed by atoms with Gasteiger partial charge in [-0.1, -0.05) is 60.1 Å². The Morgan fingerprint density at radius 2 is 1.53 bits per heavy atom. The zero-order chi connectivity index (χ0) is 28.1. The highest BCUT2D eigenvalue weighted by atomic mass is 35.5. The van der Waals surface area contributed by atoms with Crippen LogP contribution in [0.4, 0.5) is 10.1 Å². The molecule has 0 radical (unpaired) electrons. The summed E-state index contributed by atoms with van der Waals surface area (Å²) in [6.45, 7) is 6.18. The number of rotatable bonds is 9. The second kappa shape index (κ2) is 12.0. The number of hydrogen-bond acceptors (Lipinski definition) is 4. The third-order valence-electron chi connectivity index (χ3n) is 5.70. The SMILES string of the molecule is C[C@H](C(=O)NC(C)(C)C)N(Cc1ccccc1Cl)C(=O)CN(c1ccccc1F)S(=O)(=O)c1ccccc1. The molecule has 0 aromatic heterocycles. The van der Waals surface area contributed by atoms with Crippen molar-refractivity contribution >= 4 is 39.1 Å². The lowest BCUT2D eigenvalue weighted by atomic mass is 10.1. The van der Waals surface area contributed by atoms with Crippen LogP contribution in [0.15, 0.2) is 83.8 Å². The van der Waals surface area contributed by atoms with Crippen molar-refractivity contribution in [3.63, 3.8) is 0 Å². The number of nitrogens with zero attached hydrogens (tertiary/aromatic N) is 2. The third-order valence-corrected chi connectivity index (χ3v) is 7.84. The molecule has 0 aliphatic heterocycles. The van der Waals surface area contributed by atoms with Gasteiger partial charge in [0, 0.05) is 17.1 Å². The summed E-state index contributed by atoms with van der Waals surface area (Å²) in [6.07, 6.45) is 0. The van der Waals surface area contributed by atoms with Crippen LogP contribution in [0.5, 0.6) is 0 Å². The van der Waals surface area contributed by atoms with Crippen LogP contribution < -0.4 is 9.62 Å². The molecule has 3 aromatic carbocycles. The molecular weight excluding hydrogens is 529 g/mol. The van der Waals surface area contributed by atoms with Crippen molar-refractivity contribution in [3.05, 3.63) is 95.3 Å². The van der Waals surface area contributed by atoms with E-state index in [1.165, 1.54) is 47.4 Å². The van der Waals surface area contributed by atoms with Gasteiger partial charge in [-0.2, -0.15) is 0 Å². The summed E-state index contributed by atoms with van der Waals surface area (Å²) in [5.74, 6) is -1.94. The Bertz CT molecular complexity index is 1390. The number of anilines is 1. The van der Waals surface area contributed by atoms with E-state index in [1.54, 1.807) is 37.3 Å². The van der Waals surface area contributed by atoms with Gasteiger partial charge in [-0.15, -0.1) is 0 Å². The van der Waals surface area contributed by atoms with E-state index in [2.05, 4.69) is 5.32 Å². The van der Waals surface area contributed by atoms with E-state index in [9.17, 15) is 22.4 Å². The quantitative estimate of drug-likeness (QED) is 0.399. The predicted octanol–water partition coefficient (Wildman–Crippen LogP) is 5.01. The normalized spacial score (nSPS) is 12.5. The molecule has 0 aliphatic rings. The maximum Gasteiger partial charge on any atom is 0.264 e. The first-order chi connectivity index (χ1) is 17.8. The molecule has 3 rings (SSSR count). The van der Waals surface area contributed by atoms with Crippen LogP contribution in [0.3, 0.4) is 0 Å². The summed E-state index contributed by atoms with van der Waals surface area (Å²) in [7, 11) is -4.34. The molecule has 10 heteroatoms. The average molecular weight is 560 g/mol. The molecule has 202 valence electrons. The Kier molecular flexibility index (Phi) is 9.17. The number of carbonyl (C=O) groups excluding carboxylic acids is 2. The molecule has 2 amide bonds. The highest BCUT2D eigenvalue weighted by Gasteiger charge is 2.34. The molecule has 0 fully saturated rings. The monoisotopic (exact) mass is 559 g/mol. The van der Waals surface area contributed by atoms with Gasteiger partial charge in [0.15, 0.2) is 0 Å². The number of sulfonamides is 1. The lowest BCUT2D eigenvalue weighted by molar-refractivity contribution is -0.140. The summed E-state index contributed by atoms with van der Waals surface area (Å²) >= 11 is 6.34. The summed E-state index contributed by atoms with van der Waals surface area (Å²) in [4.78, 5) is 28.0. The number of nitrogens with one attached hydrogen (secondary N) is 1. The van der Waals surface area contributed by atoms with Crippen molar-refractivity contribution in [3.8, 4) is 0 Å². The van der Waals surface area contributed by atoms with Crippen LogP contribution in [0, 0.1) is 5.82 Å². The van der Waals surface area contributed by atoms with E-state index in [0.29, 0.717) is 10.6 Å². The molecule has 7 nitrogen and oxygen atoms in total. The summed E-state index contributed by atoms with van der Waals surface area (Å²) < 4.78 is 42.9. The fourth-order valence-electron chi connectivity index (χ4n) is 3.75. The Morgan fingerprint density at radius 1 is 0.947 bits per heavy atom. The number of halogens is 2. The Labute approximate surface area is 228 Å². The molecule has 0 unspecified atom stereocenters. The van der Waals surface area contributed by atoms with Crippen molar-refractivity contribution in [1.82, 2.24) is 10.2 Å². The first-order valence-electron chi connectivity index (χ1n) is 12.0. The fourth-order valence-corrected chi connectivity index (χ4v) is 5.39. The molecule has 0 heterocycles. The summed E-state index contributed by atoms with van der Waals surface area (Å²) in [6, 6.07) is 18.7. The molecule has 0 aliphatic carbocycles. The minimum Gasteiger partial charge on any atom is -0.350 e. The Hall–Kier alpha value is -3.43. The molecule has 1 N–H and O–H groups in total. The van der Waals surface area contributed by atoms with Gasteiger partial charge in [-0.05, 0) is 63.6 Å². The minimum absolute atomic E-state index is 0.0618. The maximum atomic E-state index is 14.9. The van der Waals surface area contributed by atoms with Crippen LogP contribution in [0.2, 0.25) is 5.02 Å². The van der Waals surface area contributed by atoms with Crippen molar-refractivity contribution in [2.75, 3.05) is 10.8 Å². The molecule has 38 heavy (non-hydrogen) atoms. The predicted molar refractivity (Wildman–Crippen MR) is 147 cm³/mol. The van der Waals surface area contributed by atoms with Gasteiger partial charge in [-0.25, -0.2) is 12.8 Å². The van der Waals surface area contributed by atoms with Gasteiger partial charge in [0.2, 0.25) is 11.8 Å². The standard InChI is InChI=1S/C28H31ClFN3O4S/c1-20(27(35)31-28(2,3)4)32(18-21-12-8-9-15-23(21)29)26(34)19-33(25-17-11-10-16-24(25)30)38(36,37)22-13-6-5-7-14-22/h5-17,20H,18-19H2,1-4H3,(H,31,35)/t20-/m1/s1. The van der Waals surface area contributed by atoms with E-state index in [4.69, 9.17) is 11.6 Å². The van der Waals surface area contributed by atoms with Crippen LogP contribution >= 0.6 is 11.6 Å². The van der Waals surface area contributed by atoms with E-state index in [0.717, 1.165) is 10.4 Å². The van der Waals surface area contributed by atoms with Gasteiger partial charge in [0.1, 0.15) is 18.4 Å². The van der Waals surface area contributed by atoms with E-state index >= 15 is 0 Å². The topological polar surface area (TPSA) is 86.8 Å². The number of benzene rings is 3. The third kappa shape index (κ3) is 7.11. The van der Waals surface area contributed by atoms with E-state index in [-0.39, 0.29) is 17.1 Å². The maximum absolute atomic E-state index is 14.9. The molecule has 0 saturated carbocycles. The first kappa shape index (κ1) is 29.1. The number of carbonyl (C=O) groups is 2. The molecule has 3 aromatic rings. The molecule has 0 spiro atoms. The lowest BCUT2D eigenvalue weighted by Gasteiger charge is -2.33. The average Bonchev–Trinajstić information content (AvgIpc) is 2.86. The zero-order valence-corrected chi connectivity index (χ0v) is 23.3. The Morgan fingerprint density at radius 3 is 2.13 bits per heavy atom. The Balaban J connectivity index is 2.05. The fraction of sp³-hybridized carbons (Fsp3) is 0.286. The van der Waals surface area contributed by atoms with Gasteiger partial charge in [0.25, 0.3) is 10.0 Å². The molecule has 0 bridgehead atoms. The van der Waals surface area contributed by atoms with Gasteiger partial charge < -0.3 is 10.2 Å². The minimum atomic E-state index is -4.34. The first-order valence-corrected chi connectivity index (χ1v) is 13.8. The zero-order valence-electron chi connectivity index (χ0n) is 21.7. The van der Waals surface area contributed by atoms with E-state index < -0.39 is 45.8 Å². The van der Waals surface area contributed by atoms with Crippen LogP contribution in [-0.2, 0) is 26.2 Å². The highest BCUT2D eigenvalue weighted by molar-refractivity contribution is 7.92. The van der Waals surface area contributed by atoms with Crippen LogP contribution in [0.25, 0.3) is 0 Å². The number of hydrogen-bond donors (Lipinski definition) is 1. The molecule has 1 atom stereocenters. The van der Waals surface area contributed by atoms with Crippen LogP contribution in [0.1, 0.15) is 33.3 Å². The van der Waals surface area contributed by atoms with Crippen molar-refractivity contribution < 1.29 is 22.4 Å². The molecular formula is C28H31ClFN3O4S. The summed E-state index contributed by atoms with van der Waals surface area (Å²) in [5.41, 5.74) is -0.282. The second-order valence-corrected chi connectivity index (χ2v) is 12.1. The highest BCUT2D eigenvalue weighted by Crippen LogP contribution is 2.27. The number of para-hydroxylation sites is 1. The van der Waals surface area contributed by atoms with E-state index in [1.807, 2.05) is 20.8 Å². The smallest absolute Gasteiger partial charge is 0.264 e. The van der Waals surface area contributed by atoms with Crippen molar-refractivity contribution in [2.45, 2.75) is 50.7 Å². The molecule has 0 saturated heterocycles. The van der Waals surface area contributed by atoms with Crippen molar-refractivity contribution in [2.24, 2.45) is 0 Å². The van der Waals surface area contributed by atoms with Crippen molar-refractivity contribution in [1.29, 1.82) is 0 Å². The van der Waals surface area contributed by atoms with Gasteiger partial charge in [0.05, 0.1) is 10.6 Å². The summed E-state index contributed by atoms with van der Waals surface area (Å²) in [5, 5.41) is 3.23. The largest absolute Gasteiger partial charge is 0.350 e. The number of amides is 2.